The number of anilines is 1. The average Bonchev–Trinajstić information content (AvgIpc) is 3.58. The summed E-state index contributed by atoms with van der Waals surface area (Å²) in [5, 5.41) is 4.80. The third-order valence-electron chi connectivity index (χ3n) is 8.55. The molecule has 0 radical (unpaired) electrons. The molecule has 4 saturated heterocycles. The Morgan fingerprint density at radius 3 is 2.49 bits per heavy atom. The number of nitrogens with one attached hydrogen (secondary N) is 1. The molecule has 4 aliphatic heterocycles. The number of rotatable bonds is 6. The molecule has 8 heteroatoms. The maximum atomic E-state index is 13.4. The van der Waals surface area contributed by atoms with Gasteiger partial charge < -0.3 is 19.7 Å². The number of piperidine rings is 1. The lowest BCUT2D eigenvalue weighted by atomic mass is 9.78. The van der Waals surface area contributed by atoms with E-state index in [9.17, 15) is 4.79 Å². The van der Waals surface area contributed by atoms with E-state index >= 15 is 0 Å². The number of hydrogen-bond acceptors (Lipinski definition) is 5. The van der Waals surface area contributed by atoms with Crippen molar-refractivity contribution in [3.05, 3.63) is 58.1 Å². The Morgan fingerprint density at radius 1 is 1.00 bits per heavy atom. The van der Waals surface area contributed by atoms with Crippen LogP contribution in [0.15, 0.2) is 42.5 Å². The van der Waals surface area contributed by atoms with Gasteiger partial charge in [0, 0.05) is 54.6 Å². The van der Waals surface area contributed by atoms with Gasteiger partial charge in [0.25, 0.3) is 0 Å². The molecule has 1 N–H and O–H groups in total. The van der Waals surface area contributed by atoms with Gasteiger partial charge in [0.1, 0.15) is 11.9 Å². The maximum absolute atomic E-state index is 13.4. The van der Waals surface area contributed by atoms with E-state index in [0.717, 1.165) is 80.7 Å². The highest BCUT2D eigenvalue weighted by molar-refractivity contribution is 6.32. The predicted molar refractivity (Wildman–Crippen MR) is 147 cm³/mol. The number of halogens is 2. The number of ether oxygens (including phenoxy) is 2. The van der Waals surface area contributed by atoms with E-state index in [1.54, 1.807) is 0 Å². The summed E-state index contributed by atoms with van der Waals surface area (Å²) in [4.78, 5) is 18.4. The van der Waals surface area contributed by atoms with Crippen LogP contribution in [0, 0.1) is 11.8 Å². The van der Waals surface area contributed by atoms with Gasteiger partial charge in [0.2, 0.25) is 5.91 Å². The molecule has 0 aliphatic carbocycles. The van der Waals surface area contributed by atoms with Crippen molar-refractivity contribution in [2.75, 3.05) is 44.3 Å². The van der Waals surface area contributed by atoms with Gasteiger partial charge in [-0.15, -0.1) is 0 Å². The van der Waals surface area contributed by atoms with Crippen molar-refractivity contribution in [3.8, 4) is 5.75 Å². The van der Waals surface area contributed by atoms with Crippen molar-refractivity contribution in [2.45, 2.75) is 50.3 Å². The van der Waals surface area contributed by atoms with E-state index in [0.29, 0.717) is 17.0 Å². The van der Waals surface area contributed by atoms with Crippen molar-refractivity contribution in [2.24, 2.45) is 11.8 Å². The van der Waals surface area contributed by atoms with Crippen LogP contribution in [0.3, 0.4) is 0 Å². The van der Waals surface area contributed by atoms with E-state index < -0.39 is 0 Å². The Kier molecular flexibility index (Phi) is 7.53. The topological polar surface area (TPSA) is 54.0 Å². The Labute approximate surface area is 229 Å². The molecule has 1 amide bonds. The standard InChI is InChI=1S/C29H35Cl2N3O3/c30-20-4-6-21(7-5-20)34-17-23-24(18-34)29(35)32-26(28(23)33-11-1-2-12-33)16-19-3-8-27(25(31)15-19)37-22-9-13-36-14-10-22/h3-8,15,22-24,26,28H,1-2,9-14,16-18H2,(H,32,35). The van der Waals surface area contributed by atoms with Crippen LogP contribution < -0.4 is 15.0 Å². The molecule has 2 aromatic carbocycles. The average molecular weight is 545 g/mol. The molecule has 6 rings (SSSR count). The van der Waals surface area contributed by atoms with E-state index in [-0.39, 0.29) is 24.0 Å². The Bertz CT molecular complexity index is 1100. The lowest BCUT2D eigenvalue weighted by Crippen LogP contribution is -2.63. The number of amides is 1. The normalized spacial score (nSPS) is 28.8. The molecule has 37 heavy (non-hydrogen) atoms. The van der Waals surface area contributed by atoms with Gasteiger partial charge in [-0.1, -0.05) is 29.3 Å². The minimum atomic E-state index is -0.00337. The summed E-state index contributed by atoms with van der Waals surface area (Å²) in [6.07, 6.45) is 5.13. The third kappa shape index (κ3) is 5.44. The molecular weight excluding hydrogens is 509 g/mol. The van der Waals surface area contributed by atoms with Gasteiger partial charge in [-0.3, -0.25) is 9.69 Å². The lowest BCUT2D eigenvalue weighted by molar-refractivity contribution is -0.131. The molecule has 4 atom stereocenters. The smallest absolute Gasteiger partial charge is 0.225 e. The number of carbonyl (C=O) groups is 1. The molecule has 4 fully saturated rings. The van der Waals surface area contributed by atoms with E-state index in [2.05, 4.69) is 33.3 Å². The molecule has 0 aromatic heterocycles. The van der Waals surface area contributed by atoms with E-state index in [1.807, 2.05) is 24.3 Å². The van der Waals surface area contributed by atoms with Crippen LogP contribution in [-0.4, -0.2) is 68.4 Å². The summed E-state index contributed by atoms with van der Waals surface area (Å²) in [7, 11) is 0. The fourth-order valence-corrected chi connectivity index (χ4v) is 7.09. The first-order valence-electron chi connectivity index (χ1n) is 13.6. The fourth-order valence-electron chi connectivity index (χ4n) is 6.72. The summed E-state index contributed by atoms with van der Waals surface area (Å²) < 4.78 is 11.6. The van der Waals surface area contributed by atoms with Crippen molar-refractivity contribution < 1.29 is 14.3 Å². The number of fused-ring (bicyclic) bond motifs is 1. The van der Waals surface area contributed by atoms with Gasteiger partial charge in [-0.05, 0) is 74.3 Å². The molecular formula is C29H35Cl2N3O3. The molecule has 4 unspecified atom stereocenters. The van der Waals surface area contributed by atoms with Crippen molar-refractivity contribution in [3.63, 3.8) is 0 Å². The first-order valence-corrected chi connectivity index (χ1v) is 14.4. The second-order valence-corrected chi connectivity index (χ2v) is 11.7. The minimum absolute atomic E-state index is 0.00337. The highest BCUT2D eigenvalue weighted by Crippen LogP contribution is 2.39. The molecule has 4 aliphatic rings. The number of benzene rings is 2. The van der Waals surface area contributed by atoms with Crippen LogP contribution in [0.25, 0.3) is 0 Å². The molecule has 0 spiro atoms. The van der Waals surface area contributed by atoms with Gasteiger partial charge in [0.15, 0.2) is 0 Å². The first-order chi connectivity index (χ1) is 18.0. The summed E-state index contributed by atoms with van der Waals surface area (Å²) in [5.41, 5.74) is 2.26. The highest BCUT2D eigenvalue weighted by atomic mass is 35.5. The molecule has 0 saturated carbocycles. The molecule has 198 valence electrons. The Balaban J connectivity index is 1.20. The zero-order chi connectivity index (χ0) is 25.4. The van der Waals surface area contributed by atoms with Gasteiger partial charge >= 0.3 is 0 Å². The number of carbonyl (C=O) groups excluding carboxylic acids is 1. The summed E-state index contributed by atoms with van der Waals surface area (Å²) in [5.74, 6) is 1.19. The predicted octanol–water partition coefficient (Wildman–Crippen LogP) is 4.81. The fraction of sp³-hybridized carbons (Fsp3) is 0.552. The maximum Gasteiger partial charge on any atom is 0.225 e. The van der Waals surface area contributed by atoms with Crippen molar-refractivity contribution >= 4 is 34.8 Å². The lowest BCUT2D eigenvalue weighted by Gasteiger charge is -2.44. The zero-order valence-electron chi connectivity index (χ0n) is 21.1. The Morgan fingerprint density at radius 2 is 1.76 bits per heavy atom. The Hall–Kier alpha value is -1.99. The van der Waals surface area contributed by atoms with Crippen LogP contribution in [0.1, 0.15) is 31.2 Å². The van der Waals surface area contributed by atoms with Crippen LogP contribution >= 0.6 is 23.2 Å². The van der Waals surface area contributed by atoms with Crippen molar-refractivity contribution in [1.82, 2.24) is 10.2 Å². The quantitative estimate of drug-likeness (QED) is 0.566. The second-order valence-electron chi connectivity index (χ2n) is 10.9. The van der Waals surface area contributed by atoms with E-state index in [4.69, 9.17) is 32.7 Å². The molecule has 0 bridgehead atoms. The van der Waals surface area contributed by atoms with Gasteiger partial charge in [-0.2, -0.15) is 0 Å². The summed E-state index contributed by atoms with van der Waals surface area (Å²) >= 11 is 12.8. The molecule has 2 aromatic rings. The summed E-state index contributed by atoms with van der Waals surface area (Å²) in [6, 6.07) is 14.5. The van der Waals surface area contributed by atoms with Gasteiger partial charge in [-0.25, -0.2) is 0 Å². The van der Waals surface area contributed by atoms with Crippen LogP contribution in [0.4, 0.5) is 5.69 Å². The number of likely N-dealkylation sites (tertiary alicyclic amines) is 1. The second kappa shape index (κ2) is 11.0. The molecule has 4 heterocycles. The monoisotopic (exact) mass is 543 g/mol. The summed E-state index contributed by atoms with van der Waals surface area (Å²) in [6.45, 7) is 5.30. The van der Waals surface area contributed by atoms with Crippen LogP contribution in [0.5, 0.6) is 5.75 Å². The minimum Gasteiger partial charge on any atom is -0.489 e. The first kappa shape index (κ1) is 25.3. The van der Waals surface area contributed by atoms with Crippen molar-refractivity contribution in [1.29, 1.82) is 0 Å². The van der Waals surface area contributed by atoms with Gasteiger partial charge in [0.05, 0.1) is 24.2 Å². The zero-order valence-corrected chi connectivity index (χ0v) is 22.6. The number of hydrogen-bond donors (Lipinski definition) is 1. The molecule has 6 nitrogen and oxygen atoms in total. The largest absolute Gasteiger partial charge is 0.489 e. The number of nitrogens with zero attached hydrogens (tertiary/aromatic N) is 2. The third-order valence-corrected chi connectivity index (χ3v) is 9.10. The highest BCUT2D eigenvalue weighted by Gasteiger charge is 2.51. The van der Waals surface area contributed by atoms with Crippen LogP contribution in [-0.2, 0) is 16.0 Å². The SMILES string of the molecule is O=C1NC(Cc2ccc(OC3CCOCC3)c(Cl)c2)C(N2CCCC2)C2CN(c3ccc(Cl)cc3)CC12. The van der Waals surface area contributed by atoms with E-state index in [1.165, 1.54) is 12.8 Å². The van der Waals surface area contributed by atoms with Crippen LogP contribution in [0.2, 0.25) is 10.0 Å².